The Morgan fingerprint density at radius 3 is 2.74 bits per heavy atom. The monoisotopic (exact) mass is 286 g/mol. The van der Waals surface area contributed by atoms with E-state index in [1.807, 2.05) is 0 Å². The minimum atomic E-state index is -0.903. The molecule has 0 heterocycles. The number of nitrogens with one attached hydrogen (secondary N) is 1. The molecule has 0 saturated carbocycles. The number of hydrogen-bond donors (Lipinski definition) is 2. The standard InChI is InChI=1S/C13H19FN2O2S/c1-8-6-10(15)7-11(12(8)14)13(17)16-9(2)4-5-19(3)18/h6-7,9H,4-5,15H2,1-3H3,(H,16,17). The SMILES string of the molecule is Cc1cc(N)cc(C(=O)NC(C)CCS(C)=O)c1F. The molecule has 0 aromatic heterocycles. The van der Waals surface area contributed by atoms with Crippen molar-refractivity contribution in [1.29, 1.82) is 0 Å². The highest BCUT2D eigenvalue weighted by molar-refractivity contribution is 7.84. The third-order valence-electron chi connectivity index (χ3n) is 2.74. The summed E-state index contributed by atoms with van der Waals surface area (Å²) >= 11 is 0. The lowest BCUT2D eigenvalue weighted by molar-refractivity contribution is 0.0935. The number of amides is 1. The lowest BCUT2D eigenvalue weighted by Gasteiger charge is -2.14. The van der Waals surface area contributed by atoms with Gasteiger partial charge in [0.25, 0.3) is 5.91 Å². The minimum absolute atomic E-state index is 0.0537. The molecule has 0 aliphatic rings. The Morgan fingerprint density at radius 2 is 2.16 bits per heavy atom. The van der Waals surface area contributed by atoms with Crippen molar-refractivity contribution in [1.82, 2.24) is 5.32 Å². The van der Waals surface area contributed by atoms with E-state index in [2.05, 4.69) is 5.32 Å². The number of nitrogens with two attached hydrogens (primary N) is 1. The van der Waals surface area contributed by atoms with E-state index in [4.69, 9.17) is 5.73 Å². The molecule has 0 aliphatic heterocycles. The van der Waals surface area contributed by atoms with Crippen LogP contribution in [0.2, 0.25) is 0 Å². The van der Waals surface area contributed by atoms with Gasteiger partial charge in [0.15, 0.2) is 0 Å². The van der Waals surface area contributed by atoms with Crippen LogP contribution in [0.15, 0.2) is 12.1 Å². The highest BCUT2D eigenvalue weighted by Gasteiger charge is 2.16. The summed E-state index contributed by atoms with van der Waals surface area (Å²) in [5, 5.41) is 2.68. The molecular formula is C13H19FN2O2S. The van der Waals surface area contributed by atoms with Gasteiger partial charge in [-0.3, -0.25) is 9.00 Å². The van der Waals surface area contributed by atoms with Crippen molar-refractivity contribution >= 4 is 22.4 Å². The average molecular weight is 286 g/mol. The molecule has 2 unspecified atom stereocenters. The van der Waals surface area contributed by atoms with Crippen molar-refractivity contribution in [2.24, 2.45) is 0 Å². The fourth-order valence-electron chi connectivity index (χ4n) is 1.68. The molecule has 1 amide bonds. The Labute approximate surface area is 115 Å². The van der Waals surface area contributed by atoms with Crippen molar-refractivity contribution in [3.63, 3.8) is 0 Å². The maximum absolute atomic E-state index is 13.8. The molecule has 19 heavy (non-hydrogen) atoms. The second-order valence-electron chi connectivity index (χ2n) is 4.64. The summed E-state index contributed by atoms with van der Waals surface area (Å²) in [6.07, 6.45) is 2.19. The largest absolute Gasteiger partial charge is 0.399 e. The van der Waals surface area contributed by atoms with Crippen molar-refractivity contribution in [2.75, 3.05) is 17.7 Å². The summed E-state index contributed by atoms with van der Waals surface area (Å²) in [5.74, 6) is -0.555. The summed E-state index contributed by atoms with van der Waals surface area (Å²) in [6.45, 7) is 3.36. The van der Waals surface area contributed by atoms with Gasteiger partial charge in [-0.05, 0) is 38.0 Å². The van der Waals surface area contributed by atoms with E-state index in [0.717, 1.165) is 0 Å². The average Bonchev–Trinajstić information content (AvgIpc) is 2.31. The van der Waals surface area contributed by atoms with Crippen LogP contribution in [0.4, 0.5) is 10.1 Å². The van der Waals surface area contributed by atoms with Gasteiger partial charge < -0.3 is 11.1 Å². The van der Waals surface area contributed by atoms with Crippen LogP contribution < -0.4 is 11.1 Å². The van der Waals surface area contributed by atoms with E-state index in [1.54, 1.807) is 20.1 Å². The third kappa shape index (κ3) is 4.63. The highest BCUT2D eigenvalue weighted by atomic mass is 32.2. The Bertz CT molecular complexity index is 506. The van der Waals surface area contributed by atoms with E-state index in [0.29, 0.717) is 23.4 Å². The van der Waals surface area contributed by atoms with Crippen LogP contribution in [0.25, 0.3) is 0 Å². The van der Waals surface area contributed by atoms with Crippen LogP contribution in [0, 0.1) is 12.7 Å². The summed E-state index contributed by atoms with van der Waals surface area (Å²) < 4.78 is 24.8. The Morgan fingerprint density at radius 1 is 1.53 bits per heavy atom. The Hall–Kier alpha value is -1.43. The number of halogens is 1. The van der Waals surface area contributed by atoms with E-state index >= 15 is 0 Å². The lowest BCUT2D eigenvalue weighted by Crippen LogP contribution is -2.34. The fourth-order valence-corrected chi connectivity index (χ4v) is 2.36. The van der Waals surface area contributed by atoms with E-state index < -0.39 is 22.5 Å². The number of aryl methyl sites for hydroxylation is 1. The topological polar surface area (TPSA) is 72.2 Å². The normalized spacial score (nSPS) is 13.9. The van der Waals surface area contributed by atoms with Crippen LogP contribution in [0.3, 0.4) is 0 Å². The van der Waals surface area contributed by atoms with Crippen molar-refractivity contribution < 1.29 is 13.4 Å². The van der Waals surface area contributed by atoms with Crippen molar-refractivity contribution in [3.8, 4) is 0 Å². The summed E-state index contributed by atoms with van der Waals surface area (Å²) in [5.41, 5.74) is 6.25. The quantitative estimate of drug-likeness (QED) is 0.808. The van der Waals surface area contributed by atoms with Gasteiger partial charge in [0, 0.05) is 34.5 Å². The molecule has 1 aromatic rings. The Kier molecular flexibility index (Phi) is 5.47. The van der Waals surface area contributed by atoms with Gasteiger partial charge in [0.05, 0.1) is 5.56 Å². The first-order valence-corrected chi connectivity index (χ1v) is 7.70. The minimum Gasteiger partial charge on any atom is -0.399 e. The maximum atomic E-state index is 13.8. The molecule has 6 heteroatoms. The second-order valence-corrected chi connectivity index (χ2v) is 6.19. The zero-order valence-corrected chi connectivity index (χ0v) is 12.1. The molecule has 0 bridgehead atoms. The summed E-state index contributed by atoms with van der Waals surface area (Å²) in [7, 11) is -0.903. The number of rotatable bonds is 5. The van der Waals surface area contributed by atoms with E-state index in [1.165, 1.54) is 12.1 Å². The fraction of sp³-hybridized carbons (Fsp3) is 0.462. The number of carbonyl (C=O) groups excluding carboxylic acids is 1. The van der Waals surface area contributed by atoms with Gasteiger partial charge >= 0.3 is 0 Å². The molecule has 0 fully saturated rings. The number of anilines is 1. The van der Waals surface area contributed by atoms with Crippen LogP contribution in [-0.4, -0.2) is 28.2 Å². The summed E-state index contributed by atoms with van der Waals surface area (Å²) in [4.78, 5) is 11.9. The maximum Gasteiger partial charge on any atom is 0.254 e. The highest BCUT2D eigenvalue weighted by Crippen LogP contribution is 2.17. The van der Waals surface area contributed by atoms with Crippen molar-refractivity contribution in [3.05, 3.63) is 29.1 Å². The predicted octanol–water partition coefficient (Wildman–Crippen LogP) is 1.60. The van der Waals surface area contributed by atoms with Crippen molar-refractivity contribution in [2.45, 2.75) is 26.3 Å². The van der Waals surface area contributed by atoms with Gasteiger partial charge in [-0.1, -0.05) is 0 Å². The number of carbonyl (C=O) groups is 1. The first kappa shape index (κ1) is 15.6. The second kappa shape index (κ2) is 6.65. The van der Waals surface area contributed by atoms with Crippen LogP contribution >= 0.6 is 0 Å². The van der Waals surface area contributed by atoms with E-state index in [-0.39, 0.29) is 11.6 Å². The van der Waals surface area contributed by atoms with Crippen LogP contribution in [0.1, 0.15) is 29.3 Å². The van der Waals surface area contributed by atoms with Gasteiger partial charge in [-0.15, -0.1) is 0 Å². The molecule has 1 rings (SSSR count). The molecule has 0 saturated heterocycles. The molecule has 2 atom stereocenters. The van der Waals surface area contributed by atoms with Gasteiger partial charge in [-0.25, -0.2) is 4.39 Å². The number of hydrogen-bond acceptors (Lipinski definition) is 3. The predicted molar refractivity (Wildman–Crippen MR) is 76.0 cm³/mol. The number of benzene rings is 1. The van der Waals surface area contributed by atoms with Crippen LogP contribution in [-0.2, 0) is 10.8 Å². The smallest absolute Gasteiger partial charge is 0.254 e. The third-order valence-corrected chi connectivity index (χ3v) is 3.55. The molecule has 0 spiro atoms. The Balaban J connectivity index is 2.76. The molecule has 1 aromatic carbocycles. The molecule has 4 nitrogen and oxygen atoms in total. The van der Waals surface area contributed by atoms with Gasteiger partial charge in [0.1, 0.15) is 5.82 Å². The molecule has 3 N–H and O–H groups in total. The van der Waals surface area contributed by atoms with E-state index in [9.17, 15) is 13.4 Å². The molecule has 0 aliphatic carbocycles. The first-order valence-electron chi connectivity index (χ1n) is 5.97. The number of nitrogen functional groups attached to an aromatic ring is 1. The van der Waals surface area contributed by atoms with Gasteiger partial charge in [-0.2, -0.15) is 0 Å². The lowest BCUT2D eigenvalue weighted by atomic mass is 10.1. The first-order chi connectivity index (χ1) is 8.81. The summed E-state index contributed by atoms with van der Waals surface area (Å²) in [6, 6.07) is 2.63. The molecule has 106 valence electrons. The molecule has 0 radical (unpaired) electrons. The molecular weight excluding hydrogens is 267 g/mol. The zero-order chi connectivity index (χ0) is 14.6. The zero-order valence-electron chi connectivity index (χ0n) is 11.3. The van der Waals surface area contributed by atoms with Crippen LogP contribution in [0.5, 0.6) is 0 Å². The van der Waals surface area contributed by atoms with Gasteiger partial charge in [0.2, 0.25) is 0 Å².